The number of amides is 2. The molecule has 0 spiro atoms. The van der Waals surface area contributed by atoms with Crippen molar-refractivity contribution in [2.45, 2.75) is 45.6 Å². The molecule has 0 aromatic carbocycles. The van der Waals surface area contributed by atoms with E-state index in [-0.39, 0.29) is 18.6 Å². The third kappa shape index (κ3) is 3.89. The van der Waals surface area contributed by atoms with Gasteiger partial charge in [0, 0.05) is 44.0 Å². The standard InChI is InChI=1S/C18H27N5O3/c1-3-13-9-15(20-12-19-13)22-7-4-5-14(10-22)21-17(26)23-8-6-18(2,11-23)16(24)25/h9,12,14H,3-8,10-11H2,1-2H3,(H,21,26)(H,24,25). The molecule has 0 aliphatic carbocycles. The molecule has 0 saturated carbocycles. The molecule has 2 fully saturated rings. The molecule has 2 amide bonds. The first-order chi connectivity index (χ1) is 12.4. The number of likely N-dealkylation sites (tertiary alicyclic amines) is 1. The number of hydrogen-bond acceptors (Lipinski definition) is 5. The van der Waals surface area contributed by atoms with Crippen molar-refractivity contribution in [1.29, 1.82) is 0 Å². The van der Waals surface area contributed by atoms with Gasteiger partial charge in [-0.1, -0.05) is 6.92 Å². The molecule has 2 saturated heterocycles. The summed E-state index contributed by atoms with van der Waals surface area (Å²) in [7, 11) is 0. The van der Waals surface area contributed by atoms with E-state index in [4.69, 9.17) is 0 Å². The van der Waals surface area contributed by atoms with Crippen molar-refractivity contribution in [2.75, 3.05) is 31.1 Å². The number of aromatic nitrogens is 2. The summed E-state index contributed by atoms with van der Waals surface area (Å²) in [6, 6.07) is 1.87. The average Bonchev–Trinajstić information content (AvgIpc) is 3.06. The van der Waals surface area contributed by atoms with Crippen LogP contribution >= 0.6 is 0 Å². The van der Waals surface area contributed by atoms with Crippen LogP contribution in [0.1, 0.15) is 38.8 Å². The van der Waals surface area contributed by atoms with E-state index in [1.54, 1.807) is 18.2 Å². The Morgan fingerprint density at radius 1 is 1.38 bits per heavy atom. The van der Waals surface area contributed by atoms with Gasteiger partial charge < -0.3 is 20.2 Å². The van der Waals surface area contributed by atoms with Crippen molar-refractivity contribution >= 4 is 17.8 Å². The van der Waals surface area contributed by atoms with Gasteiger partial charge in [-0.25, -0.2) is 14.8 Å². The minimum atomic E-state index is -0.841. The quantitative estimate of drug-likeness (QED) is 0.843. The number of carbonyl (C=O) groups excluding carboxylic acids is 1. The predicted molar refractivity (Wildman–Crippen MR) is 97.1 cm³/mol. The molecule has 142 valence electrons. The first-order valence-electron chi connectivity index (χ1n) is 9.26. The number of anilines is 1. The van der Waals surface area contributed by atoms with E-state index in [0.717, 1.165) is 37.3 Å². The second-order valence-electron chi connectivity index (χ2n) is 7.49. The lowest BCUT2D eigenvalue weighted by atomic mass is 9.90. The number of piperidine rings is 1. The zero-order valence-electron chi connectivity index (χ0n) is 15.4. The third-order valence-electron chi connectivity index (χ3n) is 5.42. The van der Waals surface area contributed by atoms with Gasteiger partial charge in [-0.3, -0.25) is 4.79 Å². The van der Waals surface area contributed by atoms with Gasteiger partial charge in [-0.05, 0) is 32.6 Å². The number of carbonyl (C=O) groups is 2. The molecule has 3 heterocycles. The van der Waals surface area contributed by atoms with Crippen molar-refractivity contribution in [3.63, 3.8) is 0 Å². The fourth-order valence-corrected chi connectivity index (χ4v) is 3.63. The monoisotopic (exact) mass is 361 g/mol. The Hall–Kier alpha value is -2.38. The molecule has 2 N–H and O–H groups in total. The Morgan fingerprint density at radius 2 is 2.19 bits per heavy atom. The molecule has 0 bridgehead atoms. The SMILES string of the molecule is CCc1cc(N2CCCC(NC(=O)N3CCC(C)(C(=O)O)C3)C2)ncn1. The van der Waals surface area contributed by atoms with Gasteiger partial charge in [0.15, 0.2) is 0 Å². The maximum Gasteiger partial charge on any atom is 0.317 e. The molecule has 2 atom stereocenters. The van der Waals surface area contributed by atoms with E-state index in [9.17, 15) is 14.7 Å². The summed E-state index contributed by atoms with van der Waals surface area (Å²) in [4.78, 5) is 36.3. The first-order valence-corrected chi connectivity index (χ1v) is 9.26. The summed E-state index contributed by atoms with van der Waals surface area (Å²) in [5.41, 5.74) is 0.166. The number of nitrogens with one attached hydrogen (secondary N) is 1. The normalized spacial score (nSPS) is 26.0. The molecule has 2 aliphatic heterocycles. The lowest BCUT2D eigenvalue weighted by Gasteiger charge is -2.35. The summed E-state index contributed by atoms with van der Waals surface area (Å²) in [6.45, 7) is 6.12. The van der Waals surface area contributed by atoms with E-state index in [1.807, 2.05) is 6.07 Å². The summed E-state index contributed by atoms with van der Waals surface area (Å²) in [5, 5.41) is 12.4. The summed E-state index contributed by atoms with van der Waals surface area (Å²) < 4.78 is 0. The van der Waals surface area contributed by atoms with Gasteiger partial charge in [0.25, 0.3) is 0 Å². The zero-order chi connectivity index (χ0) is 18.7. The van der Waals surface area contributed by atoms with Gasteiger partial charge in [0.1, 0.15) is 12.1 Å². The van der Waals surface area contributed by atoms with E-state index >= 15 is 0 Å². The van der Waals surface area contributed by atoms with Gasteiger partial charge in [0.2, 0.25) is 0 Å². The Bertz CT molecular complexity index is 683. The van der Waals surface area contributed by atoms with Crippen LogP contribution in [0.3, 0.4) is 0 Å². The number of carboxylic acids is 1. The smallest absolute Gasteiger partial charge is 0.317 e. The van der Waals surface area contributed by atoms with Crippen LogP contribution in [0.2, 0.25) is 0 Å². The third-order valence-corrected chi connectivity index (χ3v) is 5.42. The highest BCUT2D eigenvalue weighted by molar-refractivity contribution is 5.79. The van der Waals surface area contributed by atoms with Gasteiger partial charge in [0.05, 0.1) is 5.41 Å². The fourth-order valence-electron chi connectivity index (χ4n) is 3.63. The minimum absolute atomic E-state index is 0.0352. The van der Waals surface area contributed by atoms with E-state index in [1.165, 1.54) is 0 Å². The number of rotatable bonds is 4. The van der Waals surface area contributed by atoms with Crippen LogP contribution < -0.4 is 10.2 Å². The minimum Gasteiger partial charge on any atom is -0.481 e. The molecule has 2 unspecified atom stereocenters. The highest BCUT2D eigenvalue weighted by Gasteiger charge is 2.42. The first kappa shape index (κ1) is 18.4. The predicted octanol–water partition coefficient (Wildman–Crippen LogP) is 1.51. The molecule has 26 heavy (non-hydrogen) atoms. The van der Waals surface area contributed by atoms with Crippen LogP contribution in [-0.2, 0) is 11.2 Å². The topological polar surface area (TPSA) is 98.7 Å². The van der Waals surface area contributed by atoms with Gasteiger partial charge in [-0.15, -0.1) is 0 Å². The number of aryl methyl sites for hydroxylation is 1. The lowest BCUT2D eigenvalue weighted by Crippen LogP contribution is -2.51. The molecular formula is C18H27N5O3. The van der Waals surface area contributed by atoms with Crippen LogP contribution in [0, 0.1) is 5.41 Å². The summed E-state index contributed by atoms with van der Waals surface area (Å²) >= 11 is 0. The molecule has 2 aliphatic rings. The number of urea groups is 1. The van der Waals surface area contributed by atoms with Gasteiger partial charge in [-0.2, -0.15) is 0 Å². The van der Waals surface area contributed by atoms with E-state index in [2.05, 4.69) is 27.1 Å². The average molecular weight is 361 g/mol. The summed E-state index contributed by atoms with van der Waals surface area (Å²) in [6.07, 6.45) is 4.84. The number of aliphatic carboxylic acids is 1. The number of hydrogen-bond donors (Lipinski definition) is 2. The lowest BCUT2D eigenvalue weighted by molar-refractivity contribution is -0.147. The highest BCUT2D eigenvalue weighted by atomic mass is 16.4. The Balaban J connectivity index is 1.58. The fraction of sp³-hybridized carbons (Fsp3) is 0.667. The molecule has 8 heteroatoms. The van der Waals surface area contributed by atoms with Crippen molar-refractivity contribution in [2.24, 2.45) is 5.41 Å². The molecule has 1 aromatic heterocycles. The number of carboxylic acid groups (broad SMARTS) is 1. The van der Waals surface area contributed by atoms with Crippen molar-refractivity contribution < 1.29 is 14.7 Å². The Morgan fingerprint density at radius 3 is 2.88 bits per heavy atom. The Labute approximate surface area is 153 Å². The van der Waals surface area contributed by atoms with Crippen LogP contribution in [0.15, 0.2) is 12.4 Å². The molecule has 3 rings (SSSR count). The highest BCUT2D eigenvalue weighted by Crippen LogP contribution is 2.30. The van der Waals surface area contributed by atoms with Crippen LogP contribution in [0.4, 0.5) is 10.6 Å². The number of nitrogens with zero attached hydrogens (tertiary/aromatic N) is 4. The molecule has 8 nitrogen and oxygen atoms in total. The largest absolute Gasteiger partial charge is 0.481 e. The van der Waals surface area contributed by atoms with Gasteiger partial charge >= 0.3 is 12.0 Å². The van der Waals surface area contributed by atoms with Crippen molar-refractivity contribution in [3.8, 4) is 0 Å². The van der Waals surface area contributed by atoms with E-state index in [0.29, 0.717) is 19.5 Å². The van der Waals surface area contributed by atoms with Crippen LogP contribution in [-0.4, -0.2) is 64.2 Å². The maximum atomic E-state index is 12.5. The van der Waals surface area contributed by atoms with Crippen LogP contribution in [0.5, 0.6) is 0 Å². The Kier molecular flexibility index (Phi) is 5.29. The maximum absolute atomic E-state index is 12.5. The second-order valence-corrected chi connectivity index (χ2v) is 7.49. The molecule has 0 radical (unpaired) electrons. The summed E-state index contributed by atoms with van der Waals surface area (Å²) in [5.74, 6) is 0.0579. The zero-order valence-corrected chi connectivity index (χ0v) is 15.4. The van der Waals surface area contributed by atoms with Crippen molar-refractivity contribution in [3.05, 3.63) is 18.1 Å². The molecule has 1 aromatic rings. The van der Waals surface area contributed by atoms with Crippen LogP contribution in [0.25, 0.3) is 0 Å². The van der Waals surface area contributed by atoms with Crippen molar-refractivity contribution in [1.82, 2.24) is 20.2 Å². The molecular weight excluding hydrogens is 334 g/mol. The second kappa shape index (κ2) is 7.47. The van der Waals surface area contributed by atoms with E-state index < -0.39 is 11.4 Å².